The van der Waals surface area contributed by atoms with Gasteiger partial charge < -0.3 is 16.4 Å². The fourth-order valence-corrected chi connectivity index (χ4v) is 1.54. The summed E-state index contributed by atoms with van der Waals surface area (Å²) < 4.78 is 0. The van der Waals surface area contributed by atoms with Crippen LogP contribution >= 0.6 is 0 Å². The number of rotatable bonds is 5. The Hall–Kier alpha value is -2.04. The van der Waals surface area contributed by atoms with Gasteiger partial charge >= 0.3 is 0 Å². The standard InChI is InChI=1S/C13H19N3O2/c1-3-15-12(17)6-7-16-13(18)10-8-9(2)4-5-11(10)14/h4-5,8H,3,6-7,14H2,1-2H3,(H,15,17)(H,16,18). The lowest BCUT2D eigenvalue weighted by atomic mass is 10.1. The summed E-state index contributed by atoms with van der Waals surface area (Å²) >= 11 is 0. The highest BCUT2D eigenvalue weighted by molar-refractivity contribution is 5.99. The first-order valence-electron chi connectivity index (χ1n) is 5.95. The van der Waals surface area contributed by atoms with Gasteiger partial charge in [0, 0.05) is 25.2 Å². The molecule has 1 aromatic rings. The molecule has 0 aliphatic heterocycles. The molecule has 0 atom stereocenters. The average Bonchev–Trinajstić information content (AvgIpc) is 2.32. The molecule has 0 heterocycles. The van der Waals surface area contributed by atoms with E-state index in [0.29, 0.717) is 24.3 Å². The van der Waals surface area contributed by atoms with E-state index in [2.05, 4.69) is 10.6 Å². The van der Waals surface area contributed by atoms with Crippen molar-refractivity contribution in [2.75, 3.05) is 18.8 Å². The Balaban J connectivity index is 2.50. The maximum atomic E-state index is 11.8. The molecule has 98 valence electrons. The molecule has 0 spiro atoms. The molecule has 0 saturated heterocycles. The molecule has 4 N–H and O–H groups in total. The van der Waals surface area contributed by atoms with Gasteiger partial charge in [0.15, 0.2) is 0 Å². The van der Waals surface area contributed by atoms with E-state index in [9.17, 15) is 9.59 Å². The van der Waals surface area contributed by atoms with Crippen molar-refractivity contribution in [3.63, 3.8) is 0 Å². The molecule has 0 bridgehead atoms. The predicted molar refractivity (Wildman–Crippen MR) is 71.2 cm³/mol. The molecule has 0 saturated carbocycles. The van der Waals surface area contributed by atoms with Crippen molar-refractivity contribution in [1.29, 1.82) is 0 Å². The molecular formula is C13H19N3O2. The maximum Gasteiger partial charge on any atom is 0.253 e. The molecule has 2 amide bonds. The van der Waals surface area contributed by atoms with Gasteiger partial charge in [-0.05, 0) is 26.0 Å². The number of hydrogen-bond acceptors (Lipinski definition) is 3. The van der Waals surface area contributed by atoms with E-state index >= 15 is 0 Å². The Labute approximate surface area is 107 Å². The molecule has 5 heteroatoms. The first-order valence-corrected chi connectivity index (χ1v) is 5.95. The second-order valence-corrected chi connectivity index (χ2v) is 4.05. The number of nitrogen functional groups attached to an aromatic ring is 1. The van der Waals surface area contributed by atoms with E-state index in [-0.39, 0.29) is 18.2 Å². The van der Waals surface area contributed by atoms with Gasteiger partial charge in [-0.1, -0.05) is 11.6 Å². The van der Waals surface area contributed by atoms with Crippen LogP contribution in [0.5, 0.6) is 0 Å². The Bertz CT molecular complexity index is 444. The second kappa shape index (κ2) is 6.64. The molecule has 18 heavy (non-hydrogen) atoms. The lowest BCUT2D eigenvalue weighted by molar-refractivity contribution is -0.120. The van der Waals surface area contributed by atoms with Crippen LogP contribution in [0.2, 0.25) is 0 Å². The number of amides is 2. The van der Waals surface area contributed by atoms with Crippen molar-refractivity contribution in [2.45, 2.75) is 20.3 Å². The zero-order valence-electron chi connectivity index (χ0n) is 10.7. The lowest BCUT2D eigenvalue weighted by Crippen LogP contribution is -2.30. The number of aryl methyl sites for hydroxylation is 1. The summed E-state index contributed by atoms with van der Waals surface area (Å²) in [5, 5.41) is 5.34. The highest BCUT2D eigenvalue weighted by atomic mass is 16.2. The topological polar surface area (TPSA) is 84.2 Å². The molecule has 0 fully saturated rings. The number of nitrogens with two attached hydrogens (primary N) is 1. The van der Waals surface area contributed by atoms with Crippen LogP contribution in [-0.2, 0) is 4.79 Å². The Morgan fingerprint density at radius 3 is 2.67 bits per heavy atom. The van der Waals surface area contributed by atoms with Crippen LogP contribution in [0.4, 0.5) is 5.69 Å². The van der Waals surface area contributed by atoms with Gasteiger partial charge in [0.2, 0.25) is 5.91 Å². The van der Waals surface area contributed by atoms with Crippen molar-refractivity contribution >= 4 is 17.5 Å². The van der Waals surface area contributed by atoms with Crippen LogP contribution in [0.25, 0.3) is 0 Å². The minimum absolute atomic E-state index is 0.0741. The van der Waals surface area contributed by atoms with Crippen molar-refractivity contribution in [1.82, 2.24) is 10.6 Å². The zero-order chi connectivity index (χ0) is 13.5. The molecule has 0 aliphatic rings. The molecular weight excluding hydrogens is 230 g/mol. The van der Waals surface area contributed by atoms with E-state index in [1.165, 1.54) is 0 Å². The van der Waals surface area contributed by atoms with Gasteiger partial charge in [-0.3, -0.25) is 9.59 Å². The lowest BCUT2D eigenvalue weighted by Gasteiger charge is -2.08. The smallest absolute Gasteiger partial charge is 0.253 e. The van der Waals surface area contributed by atoms with Crippen LogP contribution in [0.1, 0.15) is 29.3 Å². The van der Waals surface area contributed by atoms with Gasteiger partial charge in [-0.2, -0.15) is 0 Å². The minimum Gasteiger partial charge on any atom is -0.398 e. The van der Waals surface area contributed by atoms with Crippen molar-refractivity contribution in [3.05, 3.63) is 29.3 Å². The predicted octanol–water partition coefficient (Wildman–Crippen LogP) is 0.833. The van der Waals surface area contributed by atoms with Crippen LogP contribution in [0.3, 0.4) is 0 Å². The normalized spacial score (nSPS) is 9.89. The third-order valence-corrected chi connectivity index (χ3v) is 2.46. The molecule has 1 aromatic carbocycles. The van der Waals surface area contributed by atoms with Gasteiger partial charge in [0.1, 0.15) is 0 Å². The summed E-state index contributed by atoms with van der Waals surface area (Å²) in [6.45, 7) is 4.64. The van der Waals surface area contributed by atoms with Crippen LogP contribution < -0.4 is 16.4 Å². The van der Waals surface area contributed by atoms with E-state index in [1.807, 2.05) is 19.9 Å². The average molecular weight is 249 g/mol. The largest absolute Gasteiger partial charge is 0.398 e. The first kappa shape index (κ1) is 14.0. The third kappa shape index (κ3) is 4.08. The molecule has 0 aliphatic carbocycles. The minimum atomic E-state index is -0.250. The SMILES string of the molecule is CCNC(=O)CCNC(=O)c1cc(C)ccc1N. The third-order valence-electron chi connectivity index (χ3n) is 2.46. The summed E-state index contributed by atoms with van der Waals surface area (Å²) in [5.41, 5.74) is 7.59. The number of nitrogens with one attached hydrogen (secondary N) is 2. The van der Waals surface area contributed by atoms with Crippen LogP contribution in [0, 0.1) is 6.92 Å². The fourth-order valence-electron chi connectivity index (χ4n) is 1.54. The number of benzene rings is 1. The van der Waals surface area contributed by atoms with Gasteiger partial charge in [-0.25, -0.2) is 0 Å². The summed E-state index contributed by atoms with van der Waals surface area (Å²) in [4.78, 5) is 23.0. The summed E-state index contributed by atoms with van der Waals surface area (Å²) in [5.74, 6) is -0.324. The number of hydrogen-bond donors (Lipinski definition) is 3. The number of carbonyl (C=O) groups excluding carboxylic acids is 2. The maximum absolute atomic E-state index is 11.8. The van der Waals surface area contributed by atoms with E-state index in [0.717, 1.165) is 5.56 Å². The first-order chi connectivity index (χ1) is 8.54. The Morgan fingerprint density at radius 1 is 1.28 bits per heavy atom. The van der Waals surface area contributed by atoms with Crippen molar-refractivity contribution < 1.29 is 9.59 Å². The van der Waals surface area contributed by atoms with Crippen LogP contribution in [0.15, 0.2) is 18.2 Å². The summed E-state index contributed by atoms with van der Waals surface area (Å²) in [6, 6.07) is 5.28. The van der Waals surface area contributed by atoms with Crippen LogP contribution in [-0.4, -0.2) is 24.9 Å². The number of carbonyl (C=O) groups is 2. The zero-order valence-corrected chi connectivity index (χ0v) is 10.7. The van der Waals surface area contributed by atoms with Gasteiger partial charge in [-0.15, -0.1) is 0 Å². The molecule has 0 unspecified atom stereocenters. The Kier molecular flexibility index (Phi) is 5.17. The molecule has 1 rings (SSSR count). The second-order valence-electron chi connectivity index (χ2n) is 4.05. The van der Waals surface area contributed by atoms with Crippen molar-refractivity contribution in [3.8, 4) is 0 Å². The van der Waals surface area contributed by atoms with Crippen molar-refractivity contribution in [2.24, 2.45) is 0 Å². The highest BCUT2D eigenvalue weighted by Gasteiger charge is 2.09. The Morgan fingerprint density at radius 2 is 2.00 bits per heavy atom. The van der Waals surface area contributed by atoms with E-state index in [4.69, 9.17) is 5.73 Å². The highest BCUT2D eigenvalue weighted by Crippen LogP contribution is 2.13. The molecule has 0 radical (unpaired) electrons. The quantitative estimate of drug-likeness (QED) is 0.676. The molecule has 0 aromatic heterocycles. The van der Waals surface area contributed by atoms with E-state index in [1.54, 1.807) is 12.1 Å². The molecule has 5 nitrogen and oxygen atoms in total. The summed E-state index contributed by atoms with van der Waals surface area (Å²) in [6.07, 6.45) is 0.269. The van der Waals surface area contributed by atoms with Gasteiger partial charge in [0.25, 0.3) is 5.91 Å². The van der Waals surface area contributed by atoms with E-state index < -0.39 is 0 Å². The fraction of sp³-hybridized carbons (Fsp3) is 0.385. The summed E-state index contributed by atoms with van der Waals surface area (Å²) in [7, 11) is 0. The number of anilines is 1. The monoisotopic (exact) mass is 249 g/mol. The van der Waals surface area contributed by atoms with Gasteiger partial charge in [0.05, 0.1) is 5.56 Å².